The van der Waals surface area contributed by atoms with E-state index in [-0.39, 0.29) is 11.3 Å². The number of aromatic nitrogens is 2. The Morgan fingerprint density at radius 1 is 1.20 bits per heavy atom. The number of halogens is 2. The number of thioether (sulfide) groups is 1. The molecule has 0 aliphatic rings. The first kappa shape index (κ1) is 17.3. The highest BCUT2D eigenvalue weighted by atomic mass is 32.2. The molecule has 3 aromatic rings. The first-order valence-corrected chi connectivity index (χ1v) is 8.50. The molecule has 0 fully saturated rings. The molecule has 0 aliphatic carbocycles. The molecule has 0 radical (unpaired) electrons. The van der Waals surface area contributed by atoms with E-state index in [1.54, 1.807) is 6.20 Å². The lowest BCUT2D eigenvalue weighted by atomic mass is 10.1. The van der Waals surface area contributed by atoms with Gasteiger partial charge in [0.2, 0.25) is 0 Å². The lowest BCUT2D eigenvalue weighted by Gasteiger charge is -2.14. The minimum atomic E-state index is -0.809. The number of carbonyl (C=O) groups excluding carboxylic acids is 1. The standard InChI is InChI=1S/C18H14F2N2O2S/c1-11(13-7-6-12(19)8-14(13)20)24-18(23)10-25-17-9-21-15-4-2-3-5-16(15)22-17/h2-9,11H,10H2,1H3/t11-/m1/s1. The number of esters is 1. The molecule has 1 aromatic heterocycles. The summed E-state index contributed by atoms with van der Waals surface area (Å²) < 4.78 is 31.8. The van der Waals surface area contributed by atoms with Crippen molar-refractivity contribution in [3.8, 4) is 0 Å². The third kappa shape index (κ3) is 4.30. The van der Waals surface area contributed by atoms with Gasteiger partial charge in [0.15, 0.2) is 0 Å². The largest absolute Gasteiger partial charge is 0.457 e. The molecule has 1 atom stereocenters. The monoisotopic (exact) mass is 360 g/mol. The molecule has 0 bridgehead atoms. The van der Waals surface area contributed by atoms with Gasteiger partial charge in [-0.25, -0.2) is 13.8 Å². The van der Waals surface area contributed by atoms with Gasteiger partial charge in [0.05, 0.1) is 23.0 Å². The summed E-state index contributed by atoms with van der Waals surface area (Å²) in [7, 11) is 0. The number of benzene rings is 2. The van der Waals surface area contributed by atoms with Crippen molar-refractivity contribution < 1.29 is 18.3 Å². The molecule has 3 rings (SSSR count). The fourth-order valence-corrected chi connectivity index (χ4v) is 2.89. The normalized spacial score (nSPS) is 12.1. The van der Waals surface area contributed by atoms with Crippen LogP contribution in [0.15, 0.2) is 53.7 Å². The molecule has 0 saturated heterocycles. The van der Waals surface area contributed by atoms with E-state index in [1.807, 2.05) is 24.3 Å². The average molecular weight is 360 g/mol. The summed E-state index contributed by atoms with van der Waals surface area (Å²) in [6, 6.07) is 10.6. The predicted molar refractivity (Wildman–Crippen MR) is 91.1 cm³/mol. The Morgan fingerprint density at radius 3 is 2.72 bits per heavy atom. The Labute approximate surface area is 147 Å². The summed E-state index contributed by atoms with van der Waals surface area (Å²) in [4.78, 5) is 20.6. The molecule has 0 aliphatic heterocycles. The van der Waals surface area contributed by atoms with Crippen molar-refractivity contribution in [2.45, 2.75) is 18.1 Å². The minimum Gasteiger partial charge on any atom is -0.457 e. The van der Waals surface area contributed by atoms with E-state index in [2.05, 4.69) is 9.97 Å². The molecule has 0 N–H and O–H groups in total. The summed E-state index contributed by atoms with van der Waals surface area (Å²) in [5.74, 6) is -1.92. The molecule has 0 saturated carbocycles. The predicted octanol–water partition coefficient (Wildman–Crippen LogP) is 4.30. The first-order chi connectivity index (χ1) is 12.0. The Morgan fingerprint density at radius 2 is 1.96 bits per heavy atom. The molecule has 0 spiro atoms. The van der Waals surface area contributed by atoms with Crippen molar-refractivity contribution in [1.82, 2.24) is 9.97 Å². The van der Waals surface area contributed by atoms with Crippen molar-refractivity contribution in [1.29, 1.82) is 0 Å². The first-order valence-electron chi connectivity index (χ1n) is 7.52. The Bertz CT molecular complexity index is 920. The SMILES string of the molecule is C[C@@H](OC(=O)CSc1cnc2ccccc2n1)c1ccc(F)cc1F. The van der Waals surface area contributed by atoms with Crippen LogP contribution in [0.5, 0.6) is 0 Å². The van der Waals surface area contributed by atoms with Crippen LogP contribution in [0.1, 0.15) is 18.6 Å². The zero-order chi connectivity index (χ0) is 17.8. The van der Waals surface area contributed by atoms with Crippen molar-refractivity contribution in [3.05, 3.63) is 65.9 Å². The Hall–Kier alpha value is -2.54. The highest BCUT2D eigenvalue weighted by molar-refractivity contribution is 7.99. The second-order valence-corrected chi connectivity index (χ2v) is 6.28. The lowest BCUT2D eigenvalue weighted by molar-refractivity contribution is -0.145. The van der Waals surface area contributed by atoms with Gasteiger partial charge in [-0.1, -0.05) is 23.9 Å². The Balaban J connectivity index is 1.60. The number of hydrogen-bond donors (Lipinski definition) is 0. The molecular formula is C18H14F2N2O2S. The highest BCUT2D eigenvalue weighted by Crippen LogP contribution is 2.23. The number of hydrogen-bond acceptors (Lipinski definition) is 5. The molecule has 7 heteroatoms. The summed E-state index contributed by atoms with van der Waals surface area (Å²) in [6.07, 6.45) is 0.778. The fourth-order valence-electron chi connectivity index (χ4n) is 2.27. The number of fused-ring (bicyclic) bond motifs is 1. The lowest BCUT2D eigenvalue weighted by Crippen LogP contribution is -2.12. The van der Waals surface area contributed by atoms with Crippen molar-refractivity contribution in [2.24, 2.45) is 0 Å². The van der Waals surface area contributed by atoms with Crippen molar-refractivity contribution in [3.63, 3.8) is 0 Å². The third-order valence-electron chi connectivity index (χ3n) is 3.47. The maximum Gasteiger partial charge on any atom is 0.316 e. The van der Waals surface area contributed by atoms with Crippen LogP contribution in [0.25, 0.3) is 11.0 Å². The third-order valence-corrected chi connectivity index (χ3v) is 4.35. The van der Waals surface area contributed by atoms with Crippen LogP contribution >= 0.6 is 11.8 Å². The maximum absolute atomic E-state index is 13.7. The zero-order valence-electron chi connectivity index (χ0n) is 13.3. The molecule has 4 nitrogen and oxygen atoms in total. The van der Waals surface area contributed by atoms with E-state index < -0.39 is 23.7 Å². The van der Waals surface area contributed by atoms with Crippen LogP contribution in [0, 0.1) is 11.6 Å². The second kappa shape index (κ2) is 7.57. The van der Waals surface area contributed by atoms with Gasteiger partial charge in [-0.3, -0.25) is 9.78 Å². The van der Waals surface area contributed by atoms with E-state index >= 15 is 0 Å². The van der Waals surface area contributed by atoms with E-state index in [0.717, 1.165) is 23.2 Å². The van der Waals surface area contributed by atoms with E-state index in [0.29, 0.717) is 5.03 Å². The van der Waals surface area contributed by atoms with Crippen LogP contribution in [-0.2, 0) is 9.53 Å². The molecular weight excluding hydrogens is 346 g/mol. The molecule has 0 unspecified atom stereocenters. The smallest absolute Gasteiger partial charge is 0.316 e. The second-order valence-electron chi connectivity index (χ2n) is 5.28. The molecule has 1 heterocycles. The van der Waals surface area contributed by atoms with Crippen molar-refractivity contribution in [2.75, 3.05) is 5.75 Å². The van der Waals surface area contributed by atoms with E-state index in [4.69, 9.17) is 4.74 Å². The number of para-hydroxylation sites is 2. The van der Waals surface area contributed by atoms with Crippen molar-refractivity contribution >= 4 is 28.8 Å². The van der Waals surface area contributed by atoms with Crippen LogP contribution < -0.4 is 0 Å². The molecule has 0 amide bonds. The summed E-state index contributed by atoms with van der Waals surface area (Å²) in [5, 5.41) is 0.594. The van der Waals surface area contributed by atoms with Gasteiger partial charge in [0.1, 0.15) is 22.8 Å². The van der Waals surface area contributed by atoms with Gasteiger partial charge in [-0.05, 0) is 31.2 Å². The molecule has 2 aromatic carbocycles. The van der Waals surface area contributed by atoms with Gasteiger partial charge < -0.3 is 4.74 Å². The van der Waals surface area contributed by atoms with Gasteiger partial charge in [0.25, 0.3) is 0 Å². The quantitative estimate of drug-likeness (QED) is 0.501. The number of nitrogens with zero attached hydrogens (tertiary/aromatic N) is 2. The number of carbonyl (C=O) groups is 1. The Kier molecular flexibility index (Phi) is 5.23. The summed E-state index contributed by atoms with van der Waals surface area (Å²) in [6.45, 7) is 1.54. The van der Waals surface area contributed by atoms with Crippen LogP contribution in [0.3, 0.4) is 0 Å². The number of ether oxygens (including phenoxy) is 1. The van der Waals surface area contributed by atoms with E-state index in [1.165, 1.54) is 24.8 Å². The summed E-state index contributed by atoms with van der Waals surface area (Å²) in [5.41, 5.74) is 1.64. The minimum absolute atomic E-state index is 0.0141. The average Bonchev–Trinajstić information content (AvgIpc) is 2.59. The van der Waals surface area contributed by atoms with Gasteiger partial charge in [0, 0.05) is 11.6 Å². The maximum atomic E-state index is 13.7. The van der Waals surface area contributed by atoms with Crippen LogP contribution in [-0.4, -0.2) is 21.7 Å². The highest BCUT2D eigenvalue weighted by Gasteiger charge is 2.16. The molecule has 128 valence electrons. The van der Waals surface area contributed by atoms with Gasteiger partial charge >= 0.3 is 5.97 Å². The summed E-state index contributed by atoms with van der Waals surface area (Å²) >= 11 is 1.19. The van der Waals surface area contributed by atoms with E-state index in [9.17, 15) is 13.6 Å². The topological polar surface area (TPSA) is 52.1 Å². The van der Waals surface area contributed by atoms with Crippen LogP contribution in [0.2, 0.25) is 0 Å². The van der Waals surface area contributed by atoms with Gasteiger partial charge in [-0.15, -0.1) is 0 Å². The fraction of sp³-hybridized carbons (Fsp3) is 0.167. The zero-order valence-corrected chi connectivity index (χ0v) is 14.1. The number of rotatable bonds is 5. The van der Waals surface area contributed by atoms with Crippen LogP contribution in [0.4, 0.5) is 8.78 Å². The van der Waals surface area contributed by atoms with Gasteiger partial charge in [-0.2, -0.15) is 0 Å². The molecule has 25 heavy (non-hydrogen) atoms.